The van der Waals surface area contributed by atoms with Gasteiger partial charge in [-0.05, 0) is 81.6 Å². The number of ether oxygens (including phenoxy) is 2. The van der Waals surface area contributed by atoms with Gasteiger partial charge in [0.2, 0.25) is 5.90 Å². The molecule has 7 nitrogen and oxygen atoms in total. The van der Waals surface area contributed by atoms with E-state index in [-0.39, 0.29) is 34.0 Å². The first-order valence-corrected chi connectivity index (χ1v) is 10.2. The SMILES string of the molecule is CC(C)Oc1c(Br)cc(/C=C2\N=C(c3ccc(Cl)c([N+](=O)[O-])c3)OC2=O)cc1Br. The molecule has 1 heterocycles. The average Bonchev–Trinajstić information content (AvgIpc) is 2.98. The molecule has 0 radical (unpaired) electrons. The van der Waals surface area contributed by atoms with Gasteiger partial charge in [-0.2, -0.15) is 0 Å². The van der Waals surface area contributed by atoms with Crippen LogP contribution in [0.2, 0.25) is 5.02 Å². The van der Waals surface area contributed by atoms with E-state index in [9.17, 15) is 14.9 Å². The zero-order chi connectivity index (χ0) is 21.3. The Balaban J connectivity index is 1.95. The maximum atomic E-state index is 12.2. The predicted octanol–water partition coefficient (Wildman–Crippen LogP) is 5.90. The molecule has 0 spiro atoms. The molecule has 29 heavy (non-hydrogen) atoms. The number of rotatable bonds is 5. The number of nitrogens with zero attached hydrogens (tertiary/aromatic N) is 2. The number of carbonyl (C=O) groups excluding carboxylic acids is 1. The van der Waals surface area contributed by atoms with Crippen molar-refractivity contribution in [3.05, 3.63) is 71.2 Å². The van der Waals surface area contributed by atoms with Gasteiger partial charge in [0.25, 0.3) is 5.69 Å². The Hall–Kier alpha value is -2.23. The standard InChI is InChI=1S/C19H13Br2ClN2O5/c1-9(2)28-17-12(20)5-10(6-13(17)21)7-15-19(25)29-18(23-15)11-3-4-14(22)16(8-11)24(26)27/h3-9H,1-2H3/b15-7-. The Bertz CT molecular complexity index is 1060. The zero-order valence-electron chi connectivity index (χ0n) is 15.1. The van der Waals surface area contributed by atoms with E-state index in [1.165, 1.54) is 18.2 Å². The Kier molecular flexibility index (Phi) is 6.40. The first kappa shape index (κ1) is 21.5. The summed E-state index contributed by atoms with van der Waals surface area (Å²) in [6, 6.07) is 7.62. The van der Waals surface area contributed by atoms with E-state index in [4.69, 9.17) is 21.1 Å². The molecule has 0 aliphatic carbocycles. The second kappa shape index (κ2) is 8.64. The Morgan fingerprint density at radius 3 is 2.48 bits per heavy atom. The van der Waals surface area contributed by atoms with Gasteiger partial charge in [0.15, 0.2) is 5.70 Å². The van der Waals surface area contributed by atoms with Crippen molar-refractivity contribution < 1.29 is 19.2 Å². The van der Waals surface area contributed by atoms with Crippen molar-refractivity contribution in [3.63, 3.8) is 0 Å². The van der Waals surface area contributed by atoms with Crippen LogP contribution >= 0.6 is 43.5 Å². The van der Waals surface area contributed by atoms with Gasteiger partial charge < -0.3 is 9.47 Å². The lowest BCUT2D eigenvalue weighted by Crippen LogP contribution is -2.07. The molecular weight excluding hydrogens is 531 g/mol. The molecule has 0 saturated carbocycles. The minimum Gasteiger partial charge on any atom is -0.489 e. The van der Waals surface area contributed by atoms with Crippen LogP contribution in [-0.4, -0.2) is 22.9 Å². The molecule has 0 aromatic heterocycles. The lowest BCUT2D eigenvalue weighted by Gasteiger charge is -2.14. The van der Waals surface area contributed by atoms with E-state index in [0.717, 1.165) is 0 Å². The van der Waals surface area contributed by atoms with Crippen LogP contribution < -0.4 is 4.74 Å². The van der Waals surface area contributed by atoms with Gasteiger partial charge in [-0.1, -0.05) is 11.6 Å². The minimum absolute atomic E-state index is 0.00722. The minimum atomic E-state index is -0.660. The summed E-state index contributed by atoms with van der Waals surface area (Å²) in [5.74, 6) is -0.0416. The lowest BCUT2D eigenvalue weighted by molar-refractivity contribution is -0.384. The average molecular weight is 545 g/mol. The number of carbonyl (C=O) groups is 1. The van der Waals surface area contributed by atoms with E-state index in [1.54, 1.807) is 18.2 Å². The summed E-state index contributed by atoms with van der Waals surface area (Å²) in [6.45, 7) is 3.83. The highest BCUT2D eigenvalue weighted by Crippen LogP contribution is 2.36. The van der Waals surface area contributed by atoms with Crippen LogP contribution in [0.1, 0.15) is 25.0 Å². The molecule has 0 fully saturated rings. The van der Waals surface area contributed by atoms with Gasteiger partial charge in [-0.15, -0.1) is 0 Å². The number of halogens is 3. The predicted molar refractivity (Wildman–Crippen MR) is 116 cm³/mol. The van der Waals surface area contributed by atoms with Crippen molar-refractivity contribution >= 4 is 67.1 Å². The molecule has 1 aliphatic rings. The molecule has 10 heteroatoms. The first-order valence-electron chi connectivity index (χ1n) is 8.28. The molecule has 0 atom stereocenters. The molecule has 150 valence electrons. The van der Waals surface area contributed by atoms with E-state index in [2.05, 4.69) is 36.9 Å². The number of cyclic esters (lactones) is 1. The fourth-order valence-corrected chi connectivity index (χ4v) is 4.08. The first-order chi connectivity index (χ1) is 13.7. The van der Waals surface area contributed by atoms with Crippen LogP contribution in [0.15, 0.2) is 50.0 Å². The van der Waals surface area contributed by atoms with Gasteiger partial charge in [0, 0.05) is 11.6 Å². The fraction of sp³-hybridized carbons (Fsp3) is 0.158. The summed E-state index contributed by atoms with van der Waals surface area (Å²) in [6.07, 6.45) is 1.54. The van der Waals surface area contributed by atoms with Crippen molar-refractivity contribution in [2.75, 3.05) is 0 Å². The highest BCUT2D eigenvalue weighted by molar-refractivity contribution is 9.11. The Labute approximate surface area is 187 Å². The van der Waals surface area contributed by atoms with Crippen LogP contribution in [0.25, 0.3) is 6.08 Å². The van der Waals surface area contributed by atoms with E-state index in [0.29, 0.717) is 20.3 Å². The molecule has 0 unspecified atom stereocenters. The van der Waals surface area contributed by atoms with Gasteiger partial charge in [-0.25, -0.2) is 9.79 Å². The van der Waals surface area contributed by atoms with Crippen LogP contribution in [0.4, 0.5) is 5.69 Å². The summed E-state index contributed by atoms with van der Waals surface area (Å²) < 4.78 is 12.3. The monoisotopic (exact) mass is 542 g/mol. The maximum absolute atomic E-state index is 12.2. The maximum Gasteiger partial charge on any atom is 0.363 e. The molecule has 1 aliphatic heterocycles. The van der Waals surface area contributed by atoms with Gasteiger partial charge in [-0.3, -0.25) is 10.1 Å². The Morgan fingerprint density at radius 2 is 1.90 bits per heavy atom. The third-order valence-electron chi connectivity index (χ3n) is 3.69. The summed E-state index contributed by atoms with van der Waals surface area (Å²) in [7, 11) is 0. The highest BCUT2D eigenvalue weighted by atomic mass is 79.9. The number of hydrogen-bond donors (Lipinski definition) is 0. The van der Waals surface area contributed by atoms with Gasteiger partial charge in [0.1, 0.15) is 10.8 Å². The number of nitro benzene ring substituents is 1. The summed E-state index contributed by atoms with van der Waals surface area (Å²) in [4.78, 5) is 26.8. The molecular formula is C19H13Br2ClN2O5. The van der Waals surface area contributed by atoms with Crippen molar-refractivity contribution in [1.29, 1.82) is 0 Å². The van der Waals surface area contributed by atoms with E-state index < -0.39 is 10.9 Å². The molecule has 0 N–H and O–H groups in total. The van der Waals surface area contributed by atoms with Crippen molar-refractivity contribution in [2.45, 2.75) is 20.0 Å². The lowest BCUT2D eigenvalue weighted by atomic mass is 10.2. The van der Waals surface area contributed by atoms with Crippen molar-refractivity contribution in [3.8, 4) is 5.75 Å². The third-order valence-corrected chi connectivity index (χ3v) is 5.19. The highest BCUT2D eigenvalue weighted by Gasteiger charge is 2.26. The normalized spacial score (nSPS) is 14.9. The van der Waals surface area contributed by atoms with E-state index in [1.807, 2.05) is 13.8 Å². The summed E-state index contributed by atoms with van der Waals surface area (Å²) in [5, 5.41) is 11.0. The van der Waals surface area contributed by atoms with Crippen LogP contribution in [0, 0.1) is 10.1 Å². The number of nitro groups is 1. The molecule has 0 amide bonds. The van der Waals surface area contributed by atoms with Crippen LogP contribution in [0.5, 0.6) is 5.75 Å². The fourth-order valence-electron chi connectivity index (χ4n) is 2.49. The van der Waals surface area contributed by atoms with Gasteiger partial charge in [0.05, 0.1) is 20.0 Å². The largest absolute Gasteiger partial charge is 0.489 e. The second-order valence-electron chi connectivity index (χ2n) is 6.24. The molecule has 2 aromatic carbocycles. The summed E-state index contributed by atoms with van der Waals surface area (Å²) >= 11 is 12.7. The number of hydrogen-bond acceptors (Lipinski definition) is 6. The number of aliphatic imine (C=N–C) groups is 1. The smallest absolute Gasteiger partial charge is 0.363 e. The van der Waals surface area contributed by atoms with Crippen molar-refractivity contribution in [2.24, 2.45) is 4.99 Å². The Morgan fingerprint density at radius 1 is 1.24 bits per heavy atom. The van der Waals surface area contributed by atoms with Crippen molar-refractivity contribution in [1.82, 2.24) is 0 Å². The third kappa shape index (κ3) is 4.85. The molecule has 3 rings (SSSR count). The topological polar surface area (TPSA) is 91.0 Å². The quantitative estimate of drug-likeness (QED) is 0.202. The zero-order valence-corrected chi connectivity index (χ0v) is 19.0. The van der Waals surface area contributed by atoms with Gasteiger partial charge >= 0.3 is 5.97 Å². The van der Waals surface area contributed by atoms with E-state index >= 15 is 0 Å². The number of benzene rings is 2. The molecule has 0 bridgehead atoms. The number of esters is 1. The molecule has 0 saturated heterocycles. The summed E-state index contributed by atoms with van der Waals surface area (Å²) in [5.41, 5.74) is 0.725. The second-order valence-corrected chi connectivity index (χ2v) is 8.36. The van der Waals surface area contributed by atoms with Crippen LogP contribution in [-0.2, 0) is 9.53 Å². The molecule has 2 aromatic rings. The van der Waals surface area contributed by atoms with Crippen LogP contribution in [0.3, 0.4) is 0 Å².